The Hall–Kier alpha value is -1.47. The van der Waals surface area contributed by atoms with Crippen molar-refractivity contribution in [3.63, 3.8) is 0 Å². The van der Waals surface area contributed by atoms with Gasteiger partial charge in [0.25, 0.3) is 10.1 Å². The van der Waals surface area contributed by atoms with Gasteiger partial charge < -0.3 is 4.90 Å². The third-order valence-electron chi connectivity index (χ3n) is 1.73. The quantitative estimate of drug-likeness (QED) is 0.483. The monoisotopic (exact) mass is 243 g/mol. The molecule has 0 amide bonds. The number of aryl methyl sites for hydroxylation is 1. The molecule has 0 aliphatic rings. The van der Waals surface area contributed by atoms with Crippen LogP contribution >= 0.6 is 0 Å². The fourth-order valence-electron chi connectivity index (χ4n) is 0.988. The van der Waals surface area contributed by atoms with E-state index < -0.39 is 10.1 Å². The second-order valence-corrected chi connectivity index (χ2v) is 4.92. The van der Waals surface area contributed by atoms with Crippen LogP contribution in [0.15, 0.2) is 22.2 Å². The van der Waals surface area contributed by atoms with E-state index in [2.05, 4.69) is 9.98 Å². The van der Waals surface area contributed by atoms with E-state index in [0.29, 0.717) is 11.4 Å². The first-order valence-corrected chi connectivity index (χ1v) is 5.89. The van der Waals surface area contributed by atoms with Gasteiger partial charge in [-0.3, -0.25) is 4.55 Å². The highest BCUT2D eigenvalue weighted by atomic mass is 32.2. The second kappa shape index (κ2) is 4.58. The smallest absolute Gasteiger partial charge is 0.296 e. The van der Waals surface area contributed by atoms with Gasteiger partial charge in [0.2, 0.25) is 0 Å². The highest BCUT2D eigenvalue weighted by molar-refractivity contribution is 7.85. The normalized spacial score (nSPS) is 12.0. The largest absolute Gasteiger partial charge is 0.369 e. The molecule has 7 heteroatoms. The Labute approximate surface area is 94.4 Å². The first kappa shape index (κ1) is 12.6. The average molecular weight is 243 g/mol. The summed E-state index contributed by atoms with van der Waals surface area (Å²) in [5.41, 5.74) is 0.577. The van der Waals surface area contributed by atoms with Crippen molar-refractivity contribution in [2.45, 2.75) is 11.8 Å². The molecule has 1 aromatic rings. The summed E-state index contributed by atoms with van der Waals surface area (Å²) in [6.45, 7) is 1.67. The summed E-state index contributed by atoms with van der Waals surface area (Å²) in [7, 11) is -0.576. The Morgan fingerprint density at radius 2 is 2.12 bits per heavy atom. The van der Waals surface area contributed by atoms with Crippen molar-refractivity contribution in [1.29, 1.82) is 0 Å². The fourth-order valence-corrected chi connectivity index (χ4v) is 1.50. The van der Waals surface area contributed by atoms with Crippen LogP contribution in [-0.2, 0) is 10.1 Å². The van der Waals surface area contributed by atoms with Crippen LogP contribution in [-0.4, -0.2) is 43.3 Å². The van der Waals surface area contributed by atoms with Gasteiger partial charge in [0.1, 0.15) is 4.90 Å². The van der Waals surface area contributed by atoms with Gasteiger partial charge in [0.05, 0.1) is 12.5 Å². The lowest BCUT2D eigenvalue weighted by Crippen LogP contribution is -2.07. The van der Waals surface area contributed by atoms with Crippen LogP contribution in [0.25, 0.3) is 0 Å². The van der Waals surface area contributed by atoms with Crippen LogP contribution in [0.1, 0.15) is 5.56 Å². The predicted octanol–water partition coefficient (Wildman–Crippen LogP) is 0.858. The van der Waals surface area contributed by atoms with E-state index in [1.807, 2.05) is 14.1 Å². The maximum atomic E-state index is 10.8. The number of pyridine rings is 1. The van der Waals surface area contributed by atoms with Gasteiger partial charge in [-0.05, 0) is 18.6 Å². The summed E-state index contributed by atoms with van der Waals surface area (Å²) < 4.78 is 30.5. The zero-order valence-electron chi connectivity index (χ0n) is 9.25. The van der Waals surface area contributed by atoms with E-state index in [0.717, 1.165) is 6.20 Å². The third-order valence-corrected chi connectivity index (χ3v) is 2.55. The lowest BCUT2D eigenvalue weighted by Gasteiger charge is -2.04. The van der Waals surface area contributed by atoms with Gasteiger partial charge in [-0.25, -0.2) is 9.98 Å². The maximum Gasteiger partial charge on any atom is 0.296 e. The number of hydrogen-bond donors (Lipinski definition) is 1. The van der Waals surface area contributed by atoms with Crippen molar-refractivity contribution in [2.24, 2.45) is 4.99 Å². The molecule has 0 aliphatic heterocycles. The molecule has 0 saturated heterocycles. The van der Waals surface area contributed by atoms with E-state index in [1.165, 1.54) is 6.07 Å². The van der Waals surface area contributed by atoms with Gasteiger partial charge in [-0.2, -0.15) is 8.42 Å². The van der Waals surface area contributed by atoms with Gasteiger partial charge in [0, 0.05) is 14.1 Å². The van der Waals surface area contributed by atoms with Crippen LogP contribution in [0.4, 0.5) is 5.82 Å². The minimum absolute atomic E-state index is 0.228. The van der Waals surface area contributed by atoms with Crippen LogP contribution in [0, 0.1) is 6.92 Å². The Bertz CT molecular complexity index is 509. The zero-order valence-corrected chi connectivity index (χ0v) is 10.1. The van der Waals surface area contributed by atoms with Gasteiger partial charge in [0.15, 0.2) is 5.82 Å². The van der Waals surface area contributed by atoms with Crippen molar-refractivity contribution in [3.8, 4) is 0 Å². The van der Waals surface area contributed by atoms with E-state index in [4.69, 9.17) is 4.55 Å². The van der Waals surface area contributed by atoms with E-state index >= 15 is 0 Å². The van der Waals surface area contributed by atoms with Gasteiger partial charge >= 0.3 is 0 Å². The summed E-state index contributed by atoms with van der Waals surface area (Å²) >= 11 is 0. The van der Waals surface area contributed by atoms with E-state index in [-0.39, 0.29) is 4.90 Å². The maximum absolute atomic E-state index is 10.8. The summed E-state index contributed by atoms with van der Waals surface area (Å²) in [5, 5.41) is 0. The molecule has 0 aromatic carbocycles. The van der Waals surface area contributed by atoms with Gasteiger partial charge in [-0.15, -0.1) is 0 Å². The summed E-state index contributed by atoms with van der Waals surface area (Å²) in [4.78, 5) is 9.40. The highest BCUT2D eigenvalue weighted by Crippen LogP contribution is 2.18. The molecule has 0 radical (unpaired) electrons. The minimum atomic E-state index is -4.20. The van der Waals surface area contributed by atoms with Crippen molar-refractivity contribution >= 4 is 22.3 Å². The summed E-state index contributed by atoms with van der Waals surface area (Å²) in [6.07, 6.45) is 2.63. The Balaban J connectivity index is 3.11. The summed E-state index contributed by atoms with van der Waals surface area (Å²) in [6, 6.07) is 1.32. The molecule has 0 aliphatic carbocycles. The number of aromatic nitrogens is 1. The molecule has 1 aromatic heterocycles. The summed E-state index contributed by atoms with van der Waals surface area (Å²) in [5.74, 6) is 0.418. The third kappa shape index (κ3) is 3.28. The van der Waals surface area contributed by atoms with E-state index in [9.17, 15) is 8.42 Å². The SMILES string of the molecule is Cc1cc(S(=O)(=O)O)cnc1/N=C/N(C)C. The molecular weight excluding hydrogens is 230 g/mol. The van der Waals surface area contributed by atoms with E-state index in [1.54, 1.807) is 18.2 Å². The molecule has 0 fully saturated rings. The van der Waals surface area contributed by atoms with Crippen LogP contribution in [0.5, 0.6) is 0 Å². The van der Waals surface area contributed by atoms with Crippen molar-refractivity contribution in [3.05, 3.63) is 17.8 Å². The van der Waals surface area contributed by atoms with Gasteiger partial charge in [-0.1, -0.05) is 0 Å². The Morgan fingerprint density at radius 3 is 2.56 bits per heavy atom. The first-order valence-electron chi connectivity index (χ1n) is 4.45. The van der Waals surface area contributed by atoms with Crippen molar-refractivity contribution in [1.82, 2.24) is 9.88 Å². The molecule has 88 valence electrons. The molecular formula is C9H13N3O3S. The van der Waals surface area contributed by atoms with Crippen molar-refractivity contribution in [2.75, 3.05) is 14.1 Å². The molecule has 1 N–H and O–H groups in total. The number of rotatable bonds is 3. The molecule has 1 rings (SSSR count). The molecule has 0 unspecified atom stereocenters. The van der Waals surface area contributed by atoms with Crippen molar-refractivity contribution < 1.29 is 13.0 Å². The average Bonchev–Trinajstić information content (AvgIpc) is 2.14. The van der Waals surface area contributed by atoms with Crippen LogP contribution in [0.3, 0.4) is 0 Å². The minimum Gasteiger partial charge on any atom is -0.369 e. The predicted molar refractivity (Wildman–Crippen MR) is 60.6 cm³/mol. The molecule has 1 heterocycles. The molecule has 0 saturated carbocycles. The number of aliphatic imine (C=N–C) groups is 1. The molecule has 0 atom stereocenters. The lowest BCUT2D eigenvalue weighted by atomic mass is 10.3. The standard InChI is InChI=1S/C9H13N3O3S/c1-7-4-8(16(13,14)15)5-10-9(7)11-6-12(2)3/h4-6H,1-3H3,(H,13,14,15)/b11-6+. The second-order valence-electron chi connectivity index (χ2n) is 3.49. The number of nitrogens with zero attached hydrogens (tertiary/aromatic N) is 3. The molecule has 0 spiro atoms. The van der Waals surface area contributed by atoms with Crippen LogP contribution < -0.4 is 0 Å². The zero-order chi connectivity index (χ0) is 12.3. The molecule has 0 bridgehead atoms. The fraction of sp³-hybridized carbons (Fsp3) is 0.333. The molecule has 6 nitrogen and oxygen atoms in total. The lowest BCUT2D eigenvalue weighted by molar-refractivity contribution is 0.482. The molecule has 16 heavy (non-hydrogen) atoms. The highest BCUT2D eigenvalue weighted by Gasteiger charge is 2.11. The van der Waals surface area contributed by atoms with Crippen LogP contribution in [0.2, 0.25) is 0 Å². The Morgan fingerprint density at radius 1 is 1.50 bits per heavy atom. The first-order chi connectivity index (χ1) is 7.30. The Kier molecular flexibility index (Phi) is 3.61. The topological polar surface area (TPSA) is 82.9 Å². The number of hydrogen-bond acceptors (Lipinski definition) is 4.